The van der Waals surface area contributed by atoms with Crippen molar-refractivity contribution in [2.45, 2.75) is 17.2 Å². The van der Waals surface area contributed by atoms with E-state index >= 15 is 0 Å². The van der Waals surface area contributed by atoms with Crippen LogP contribution in [-0.4, -0.2) is 33.7 Å². The average molecular weight is 491 g/mol. The molecule has 0 saturated carbocycles. The molecule has 0 fully saturated rings. The van der Waals surface area contributed by atoms with Gasteiger partial charge in [0.05, 0.1) is 22.7 Å². The van der Waals surface area contributed by atoms with Crippen molar-refractivity contribution in [1.82, 2.24) is 4.72 Å². The molecule has 0 aliphatic rings. The van der Waals surface area contributed by atoms with E-state index in [4.69, 9.17) is 11.6 Å². The van der Waals surface area contributed by atoms with Gasteiger partial charge in [0, 0.05) is 5.02 Å². The first-order valence-corrected chi connectivity index (χ1v) is 9.99. The molecule has 0 spiro atoms. The molecule has 2 rings (SSSR count). The highest BCUT2D eigenvalue weighted by molar-refractivity contribution is 7.89. The number of nitrogens with one attached hydrogen (secondary N) is 2. The Bertz CT molecular complexity index is 1060. The number of carbonyl (C=O) groups excluding carboxylic acids is 1. The third-order valence-electron chi connectivity index (χ3n) is 3.50. The SMILES string of the molecule is O=C(CNS(=O)(=O)c1cccc(C(F)(F)F)c1)Nc1cc(Cl)ccc1OCC(F)(F)F. The van der Waals surface area contributed by atoms with Crippen molar-refractivity contribution in [1.29, 1.82) is 0 Å². The lowest BCUT2D eigenvalue weighted by Crippen LogP contribution is -2.33. The zero-order valence-corrected chi connectivity index (χ0v) is 16.7. The van der Waals surface area contributed by atoms with E-state index in [1.165, 1.54) is 6.07 Å². The zero-order valence-electron chi connectivity index (χ0n) is 15.1. The minimum absolute atomic E-state index is 0.0409. The normalized spacial score (nSPS) is 12.5. The molecule has 170 valence electrons. The molecule has 0 bridgehead atoms. The van der Waals surface area contributed by atoms with Crippen LogP contribution in [0.2, 0.25) is 5.02 Å². The first-order chi connectivity index (χ1) is 14.2. The van der Waals surface area contributed by atoms with Gasteiger partial charge in [-0.25, -0.2) is 13.1 Å². The van der Waals surface area contributed by atoms with Crippen molar-refractivity contribution < 1.29 is 44.3 Å². The standard InChI is InChI=1S/C17H13ClF6N2O4S/c18-11-4-5-14(30-9-16(19,20)21)13(7-11)26-15(27)8-25-31(28,29)12-3-1-2-10(6-12)17(22,23)24/h1-7,25H,8-9H2,(H,26,27). The molecule has 0 radical (unpaired) electrons. The van der Waals surface area contributed by atoms with Crippen molar-refractivity contribution in [3.63, 3.8) is 0 Å². The van der Waals surface area contributed by atoms with Gasteiger partial charge in [0.2, 0.25) is 15.9 Å². The number of ether oxygens (including phenoxy) is 1. The van der Waals surface area contributed by atoms with E-state index < -0.39 is 51.9 Å². The van der Waals surface area contributed by atoms with Crippen LogP contribution in [0, 0.1) is 0 Å². The molecule has 0 aliphatic heterocycles. The Morgan fingerprint density at radius 1 is 1.03 bits per heavy atom. The van der Waals surface area contributed by atoms with E-state index in [1.54, 1.807) is 4.72 Å². The summed E-state index contributed by atoms with van der Waals surface area (Å²) in [7, 11) is -4.50. The fourth-order valence-electron chi connectivity index (χ4n) is 2.16. The molecule has 0 aromatic heterocycles. The topological polar surface area (TPSA) is 84.5 Å². The van der Waals surface area contributed by atoms with Crippen molar-refractivity contribution in [2.75, 3.05) is 18.5 Å². The summed E-state index contributed by atoms with van der Waals surface area (Å²) in [5.41, 5.74) is -1.47. The number of hydrogen-bond donors (Lipinski definition) is 2. The van der Waals surface area contributed by atoms with E-state index in [9.17, 15) is 39.6 Å². The van der Waals surface area contributed by atoms with Gasteiger partial charge in [-0.2, -0.15) is 26.3 Å². The predicted octanol–water partition coefficient (Wildman–Crippen LogP) is 4.22. The van der Waals surface area contributed by atoms with E-state index in [1.807, 2.05) is 0 Å². The largest absolute Gasteiger partial charge is 0.482 e. The van der Waals surface area contributed by atoms with Crippen molar-refractivity contribution >= 4 is 33.2 Å². The van der Waals surface area contributed by atoms with Gasteiger partial charge in [-0.05, 0) is 36.4 Å². The maximum Gasteiger partial charge on any atom is 0.422 e. The van der Waals surface area contributed by atoms with Gasteiger partial charge in [-0.1, -0.05) is 17.7 Å². The Balaban J connectivity index is 2.09. The van der Waals surface area contributed by atoms with Gasteiger partial charge in [0.15, 0.2) is 6.61 Å². The van der Waals surface area contributed by atoms with Crippen LogP contribution < -0.4 is 14.8 Å². The number of hydrogen-bond acceptors (Lipinski definition) is 4. The molecule has 2 N–H and O–H groups in total. The molecule has 0 unspecified atom stereocenters. The van der Waals surface area contributed by atoms with Crippen molar-refractivity contribution in [3.8, 4) is 5.75 Å². The zero-order chi connectivity index (χ0) is 23.4. The summed E-state index contributed by atoms with van der Waals surface area (Å²) in [6.07, 6.45) is -9.43. The van der Waals surface area contributed by atoms with Crippen LogP contribution in [0.1, 0.15) is 5.56 Å². The second kappa shape index (κ2) is 9.32. The smallest absolute Gasteiger partial charge is 0.422 e. The minimum Gasteiger partial charge on any atom is -0.482 e. The molecule has 0 atom stereocenters. The molecule has 2 aromatic rings. The van der Waals surface area contributed by atoms with Crippen LogP contribution >= 0.6 is 11.6 Å². The highest BCUT2D eigenvalue weighted by Gasteiger charge is 2.32. The fraction of sp³-hybridized carbons (Fsp3) is 0.235. The van der Waals surface area contributed by atoms with E-state index in [0.717, 1.165) is 24.3 Å². The van der Waals surface area contributed by atoms with Crippen LogP contribution in [-0.2, 0) is 21.0 Å². The van der Waals surface area contributed by atoms with Crippen LogP contribution in [0.3, 0.4) is 0 Å². The molecule has 6 nitrogen and oxygen atoms in total. The first-order valence-electron chi connectivity index (χ1n) is 8.13. The molecule has 1 amide bonds. The summed E-state index contributed by atoms with van der Waals surface area (Å²) >= 11 is 5.74. The number of halogens is 7. The Morgan fingerprint density at radius 3 is 2.32 bits per heavy atom. The van der Waals surface area contributed by atoms with E-state index in [-0.39, 0.29) is 16.5 Å². The summed E-state index contributed by atoms with van der Waals surface area (Å²) < 4.78 is 106. The minimum atomic E-state index is -4.78. The molecule has 0 aliphatic carbocycles. The van der Waals surface area contributed by atoms with Gasteiger partial charge in [0.25, 0.3) is 0 Å². The summed E-state index contributed by atoms with van der Waals surface area (Å²) in [4.78, 5) is 11.3. The number of sulfonamides is 1. The van der Waals surface area contributed by atoms with Crippen LogP contribution in [0.4, 0.5) is 32.0 Å². The average Bonchev–Trinajstić information content (AvgIpc) is 2.64. The van der Waals surface area contributed by atoms with Crippen molar-refractivity contribution in [3.05, 3.63) is 53.1 Å². The van der Waals surface area contributed by atoms with Gasteiger partial charge in [0.1, 0.15) is 5.75 Å². The van der Waals surface area contributed by atoms with Gasteiger partial charge >= 0.3 is 12.4 Å². The first kappa shape index (κ1) is 24.8. The van der Waals surface area contributed by atoms with E-state index in [2.05, 4.69) is 10.1 Å². The lowest BCUT2D eigenvalue weighted by Gasteiger charge is -2.14. The number of rotatable bonds is 7. The predicted molar refractivity (Wildman–Crippen MR) is 98.3 cm³/mol. The second-order valence-corrected chi connectivity index (χ2v) is 8.15. The maximum absolute atomic E-state index is 12.7. The number of amides is 1. The quantitative estimate of drug-likeness (QED) is 0.569. The Kier molecular flexibility index (Phi) is 7.44. The second-order valence-electron chi connectivity index (χ2n) is 5.94. The molecular weight excluding hydrogens is 478 g/mol. The van der Waals surface area contributed by atoms with Gasteiger partial charge in [-0.15, -0.1) is 0 Å². The number of alkyl halides is 6. The molecule has 2 aromatic carbocycles. The lowest BCUT2D eigenvalue weighted by atomic mass is 10.2. The third kappa shape index (κ3) is 7.60. The molecule has 0 heterocycles. The molecule has 31 heavy (non-hydrogen) atoms. The number of carbonyl (C=O) groups is 1. The fourth-order valence-corrected chi connectivity index (χ4v) is 3.36. The number of anilines is 1. The summed E-state index contributed by atoms with van der Waals surface area (Å²) in [6.45, 7) is -2.58. The highest BCUT2D eigenvalue weighted by atomic mass is 35.5. The van der Waals surface area contributed by atoms with Crippen molar-refractivity contribution in [2.24, 2.45) is 0 Å². The maximum atomic E-state index is 12.7. The van der Waals surface area contributed by atoms with Gasteiger partial charge < -0.3 is 10.1 Å². The Morgan fingerprint density at radius 2 is 1.71 bits per heavy atom. The summed E-state index contributed by atoms with van der Waals surface area (Å²) in [5.74, 6) is -1.41. The molecule has 0 saturated heterocycles. The van der Waals surface area contributed by atoms with Gasteiger partial charge in [-0.3, -0.25) is 4.79 Å². The van der Waals surface area contributed by atoms with Crippen LogP contribution in [0.5, 0.6) is 5.75 Å². The summed E-state index contributed by atoms with van der Waals surface area (Å²) in [6, 6.07) is 6.19. The van der Waals surface area contributed by atoms with Crippen LogP contribution in [0.15, 0.2) is 47.4 Å². The van der Waals surface area contributed by atoms with E-state index in [0.29, 0.717) is 12.1 Å². The monoisotopic (exact) mass is 490 g/mol. The lowest BCUT2D eigenvalue weighted by molar-refractivity contribution is -0.153. The Hall–Kier alpha value is -2.51. The third-order valence-corrected chi connectivity index (χ3v) is 5.14. The Labute approximate surface area is 177 Å². The highest BCUT2D eigenvalue weighted by Crippen LogP contribution is 2.31. The summed E-state index contributed by atoms with van der Waals surface area (Å²) in [5, 5.41) is 2.17. The number of benzene rings is 2. The van der Waals surface area contributed by atoms with Crippen LogP contribution in [0.25, 0.3) is 0 Å². The molecular formula is C17H13ClF6N2O4S. The molecule has 14 heteroatoms.